The number of hydrogen-bond acceptors (Lipinski definition) is 4. The lowest BCUT2D eigenvalue weighted by Gasteiger charge is -2.24. The topological polar surface area (TPSA) is 61.9 Å². The van der Waals surface area contributed by atoms with Crippen LogP contribution in [0.1, 0.15) is 12.0 Å². The molecule has 1 saturated heterocycles. The number of anilines is 2. The van der Waals surface area contributed by atoms with Gasteiger partial charge in [0.1, 0.15) is 11.8 Å². The third-order valence-electron chi connectivity index (χ3n) is 5.64. The van der Waals surface area contributed by atoms with E-state index in [1.165, 1.54) is 4.90 Å². The van der Waals surface area contributed by atoms with Crippen LogP contribution >= 0.6 is 23.8 Å². The molecule has 34 heavy (non-hydrogen) atoms. The van der Waals surface area contributed by atoms with Gasteiger partial charge in [0.25, 0.3) is 5.91 Å². The SMILES string of the molecule is COc1ccc(CCN2C(=S)N(c3ccccc3)C(=O)[C@H]2CC(=O)Nc2ccc(Cl)cc2)cc1. The molecule has 1 N–H and O–H groups in total. The van der Waals surface area contributed by atoms with Crippen LogP contribution in [0.2, 0.25) is 5.02 Å². The second kappa shape index (κ2) is 10.7. The van der Waals surface area contributed by atoms with E-state index in [1.807, 2.05) is 59.5 Å². The molecule has 0 unspecified atom stereocenters. The van der Waals surface area contributed by atoms with Gasteiger partial charge < -0.3 is 15.0 Å². The van der Waals surface area contributed by atoms with E-state index in [2.05, 4.69) is 5.32 Å². The van der Waals surface area contributed by atoms with E-state index in [0.717, 1.165) is 11.3 Å². The summed E-state index contributed by atoms with van der Waals surface area (Å²) in [7, 11) is 1.63. The first-order valence-electron chi connectivity index (χ1n) is 10.8. The van der Waals surface area contributed by atoms with Crippen molar-refractivity contribution in [2.24, 2.45) is 0 Å². The number of thiocarbonyl (C=S) groups is 1. The average molecular weight is 494 g/mol. The van der Waals surface area contributed by atoms with Gasteiger partial charge in [0.2, 0.25) is 5.91 Å². The van der Waals surface area contributed by atoms with Crippen LogP contribution in [0.4, 0.5) is 11.4 Å². The van der Waals surface area contributed by atoms with Crippen LogP contribution in [0.15, 0.2) is 78.9 Å². The van der Waals surface area contributed by atoms with E-state index in [1.54, 1.807) is 31.4 Å². The number of carbonyl (C=O) groups excluding carboxylic acids is 2. The summed E-state index contributed by atoms with van der Waals surface area (Å²) >= 11 is 11.6. The molecular weight excluding hydrogens is 470 g/mol. The first-order chi connectivity index (χ1) is 16.5. The molecule has 1 atom stereocenters. The largest absolute Gasteiger partial charge is 0.497 e. The fraction of sp³-hybridized carbons (Fsp3) is 0.192. The van der Waals surface area contributed by atoms with Crippen LogP contribution in [-0.4, -0.2) is 41.5 Å². The minimum absolute atomic E-state index is 0.0203. The van der Waals surface area contributed by atoms with E-state index in [-0.39, 0.29) is 18.2 Å². The molecule has 3 aromatic carbocycles. The van der Waals surface area contributed by atoms with Crippen LogP contribution in [0.3, 0.4) is 0 Å². The van der Waals surface area contributed by atoms with Crippen molar-refractivity contribution in [3.05, 3.63) is 89.4 Å². The van der Waals surface area contributed by atoms with Gasteiger partial charge in [0.15, 0.2) is 5.11 Å². The minimum atomic E-state index is -0.696. The van der Waals surface area contributed by atoms with Crippen molar-refractivity contribution in [2.75, 3.05) is 23.9 Å². The molecule has 0 bridgehead atoms. The van der Waals surface area contributed by atoms with Crippen molar-refractivity contribution in [1.82, 2.24) is 4.90 Å². The maximum Gasteiger partial charge on any atom is 0.256 e. The molecule has 3 aromatic rings. The Bertz CT molecular complexity index is 1170. The third-order valence-corrected chi connectivity index (χ3v) is 6.31. The van der Waals surface area contributed by atoms with Crippen molar-refractivity contribution >= 4 is 52.1 Å². The van der Waals surface area contributed by atoms with Gasteiger partial charge in [0.05, 0.1) is 19.2 Å². The zero-order chi connectivity index (χ0) is 24.1. The average Bonchev–Trinajstić information content (AvgIpc) is 3.08. The number of ether oxygens (including phenoxy) is 1. The molecule has 174 valence electrons. The van der Waals surface area contributed by atoms with Gasteiger partial charge in [-0.15, -0.1) is 0 Å². The Balaban J connectivity index is 1.53. The van der Waals surface area contributed by atoms with Crippen LogP contribution in [0.5, 0.6) is 5.75 Å². The minimum Gasteiger partial charge on any atom is -0.497 e. The summed E-state index contributed by atoms with van der Waals surface area (Å²) in [6.07, 6.45) is 0.642. The Kier molecular flexibility index (Phi) is 7.45. The molecule has 8 heteroatoms. The molecule has 6 nitrogen and oxygen atoms in total. The quantitative estimate of drug-likeness (QED) is 0.451. The number of nitrogens with one attached hydrogen (secondary N) is 1. The fourth-order valence-corrected chi connectivity index (χ4v) is 4.40. The monoisotopic (exact) mass is 493 g/mol. The summed E-state index contributed by atoms with van der Waals surface area (Å²) in [6, 6.07) is 23.2. The molecule has 0 spiro atoms. The van der Waals surface area contributed by atoms with Crippen LogP contribution in [0.25, 0.3) is 0 Å². The lowest BCUT2D eigenvalue weighted by molar-refractivity contribution is -0.124. The molecule has 0 aliphatic carbocycles. The maximum absolute atomic E-state index is 13.4. The number of benzene rings is 3. The van der Waals surface area contributed by atoms with Crippen molar-refractivity contribution in [2.45, 2.75) is 18.9 Å². The Morgan fingerprint density at radius 1 is 1.03 bits per heavy atom. The van der Waals surface area contributed by atoms with E-state index < -0.39 is 6.04 Å². The zero-order valence-electron chi connectivity index (χ0n) is 18.6. The highest BCUT2D eigenvalue weighted by Crippen LogP contribution is 2.28. The third kappa shape index (κ3) is 5.38. The van der Waals surface area contributed by atoms with Crippen molar-refractivity contribution in [3.8, 4) is 5.75 Å². The molecule has 0 radical (unpaired) electrons. The van der Waals surface area contributed by atoms with Gasteiger partial charge in [-0.2, -0.15) is 0 Å². The number of rotatable bonds is 8. The lowest BCUT2D eigenvalue weighted by atomic mass is 10.1. The summed E-state index contributed by atoms with van der Waals surface area (Å²) in [5.74, 6) is 0.299. The van der Waals surface area contributed by atoms with Gasteiger partial charge in [-0.1, -0.05) is 41.9 Å². The van der Waals surface area contributed by atoms with E-state index >= 15 is 0 Å². The molecule has 0 aromatic heterocycles. The van der Waals surface area contributed by atoms with Gasteiger partial charge in [0, 0.05) is 17.3 Å². The second-order valence-corrected chi connectivity index (χ2v) is 8.66. The molecular formula is C26H24ClN3O3S. The second-order valence-electron chi connectivity index (χ2n) is 7.86. The highest BCUT2D eigenvalue weighted by atomic mass is 35.5. The van der Waals surface area contributed by atoms with Crippen LogP contribution < -0.4 is 15.0 Å². The Hall–Kier alpha value is -3.42. The first kappa shape index (κ1) is 23.7. The highest BCUT2D eigenvalue weighted by molar-refractivity contribution is 7.80. The predicted molar refractivity (Wildman–Crippen MR) is 138 cm³/mol. The maximum atomic E-state index is 13.4. The Morgan fingerprint density at radius 2 is 1.71 bits per heavy atom. The summed E-state index contributed by atoms with van der Waals surface area (Å²) in [5, 5.41) is 3.82. The van der Waals surface area contributed by atoms with E-state index in [0.29, 0.717) is 34.5 Å². The van der Waals surface area contributed by atoms with Crippen LogP contribution in [0, 0.1) is 0 Å². The smallest absolute Gasteiger partial charge is 0.256 e. The van der Waals surface area contributed by atoms with Gasteiger partial charge in [-0.3, -0.25) is 14.5 Å². The molecule has 2 amide bonds. The summed E-state index contributed by atoms with van der Waals surface area (Å²) in [4.78, 5) is 29.6. The number of halogens is 1. The standard InChI is InChI=1S/C26H24ClN3O3S/c1-33-22-13-7-18(8-14-22)15-16-29-23(17-24(31)28-20-11-9-19(27)10-12-20)25(32)30(26(29)34)21-5-3-2-4-6-21/h2-14,23H,15-17H2,1H3,(H,28,31)/t23-/m1/s1. The predicted octanol–water partition coefficient (Wildman–Crippen LogP) is 4.92. The van der Waals surface area contributed by atoms with E-state index in [9.17, 15) is 9.59 Å². The van der Waals surface area contributed by atoms with Crippen molar-refractivity contribution < 1.29 is 14.3 Å². The summed E-state index contributed by atoms with van der Waals surface area (Å²) in [5.41, 5.74) is 2.39. The van der Waals surface area contributed by atoms with Crippen molar-refractivity contribution in [3.63, 3.8) is 0 Å². The van der Waals surface area contributed by atoms with Gasteiger partial charge in [-0.05, 0) is 72.7 Å². The number of nitrogens with zero attached hydrogens (tertiary/aromatic N) is 2. The number of para-hydroxylation sites is 1. The number of methoxy groups -OCH3 is 1. The highest BCUT2D eigenvalue weighted by Gasteiger charge is 2.43. The molecule has 1 fully saturated rings. The van der Waals surface area contributed by atoms with E-state index in [4.69, 9.17) is 28.6 Å². The normalized spacial score (nSPS) is 15.5. The van der Waals surface area contributed by atoms with Gasteiger partial charge in [-0.25, -0.2) is 0 Å². The fourth-order valence-electron chi connectivity index (χ4n) is 3.86. The molecule has 1 heterocycles. The molecule has 1 aliphatic rings. The number of hydrogen-bond donors (Lipinski definition) is 1. The summed E-state index contributed by atoms with van der Waals surface area (Å²) < 4.78 is 5.22. The molecule has 0 saturated carbocycles. The van der Waals surface area contributed by atoms with Crippen LogP contribution in [-0.2, 0) is 16.0 Å². The Labute approximate surface area is 209 Å². The Morgan fingerprint density at radius 3 is 2.35 bits per heavy atom. The lowest BCUT2D eigenvalue weighted by Crippen LogP contribution is -2.39. The molecule has 4 rings (SSSR count). The summed E-state index contributed by atoms with van der Waals surface area (Å²) in [6.45, 7) is 0.499. The molecule has 1 aliphatic heterocycles. The zero-order valence-corrected chi connectivity index (χ0v) is 20.2. The number of carbonyl (C=O) groups is 2. The number of amides is 2. The van der Waals surface area contributed by atoms with Gasteiger partial charge >= 0.3 is 0 Å². The first-order valence-corrected chi connectivity index (χ1v) is 11.6. The van der Waals surface area contributed by atoms with Crippen molar-refractivity contribution in [1.29, 1.82) is 0 Å².